The van der Waals surface area contributed by atoms with Crippen molar-refractivity contribution in [2.45, 2.75) is 38.4 Å². The normalized spacial score (nSPS) is 14.0. The number of ether oxygens (including phenoxy) is 1. The van der Waals surface area contributed by atoms with Gasteiger partial charge in [-0.05, 0) is 43.5 Å². The van der Waals surface area contributed by atoms with Gasteiger partial charge in [-0.25, -0.2) is 0 Å². The number of nitrogens with two attached hydrogens (primary N) is 1. The van der Waals surface area contributed by atoms with Crippen LogP contribution in [0.1, 0.15) is 47.5 Å². The molecule has 1 aliphatic rings. The van der Waals surface area contributed by atoms with Crippen LogP contribution in [0.4, 0.5) is 0 Å². The summed E-state index contributed by atoms with van der Waals surface area (Å²) in [7, 11) is 0. The molecule has 1 aromatic heterocycles. The highest BCUT2D eigenvalue weighted by Gasteiger charge is 2.23. The van der Waals surface area contributed by atoms with Crippen molar-refractivity contribution in [2.75, 3.05) is 6.61 Å². The lowest BCUT2D eigenvalue weighted by molar-refractivity contribution is -0.123. The largest absolute Gasteiger partial charge is 0.484 e. The van der Waals surface area contributed by atoms with Gasteiger partial charge in [-0.2, -0.15) is 0 Å². The number of rotatable bonds is 8. The van der Waals surface area contributed by atoms with Crippen LogP contribution in [0.2, 0.25) is 0 Å². The Hall–Kier alpha value is -2.51. The molecule has 8 heteroatoms. The Labute approximate surface area is 164 Å². The molecule has 2 amide bonds. The van der Waals surface area contributed by atoms with E-state index in [-0.39, 0.29) is 43.4 Å². The van der Waals surface area contributed by atoms with Crippen LogP contribution in [-0.2, 0) is 11.3 Å². The van der Waals surface area contributed by atoms with Gasteiger partial charge < -0.3 is 25.5 Å². The fraction of sp³-hybridized carbons (Fsp3) is 0.368. The van der Waals surface area contributed by atoms with Gasteiger partial charge in [0.2, 0.25) is 0 Å². The van der Waals surface area contributed by atoms with Gasteiger partial charge in [0, 0.05) is 6.04 Å². The molecule has 7 nitrogen and oxygen atoms in total. The Bertz CT molecular complexity index is 772. The molecule has 0 radical (unpaired) electrons. The second-order valence-electron chi connectivity index (χ2n) is 6.40. The molecule has 4 N–H and O–H groups in total. The van der Waals surface area contributed by atoms with Crippen LogP contribution in [0.5, 0.6) is 5.75 Å². The Balaban J connectivity index is 0.00000261. The smallest absolute Gasteiger partial charge is 0.258 e. The number of benzene rings is 1. The molecule has 1 atom stereocenters. The molecule has 0 bridgehead atoms. The first kappa shape index (κ1) is 20.8. The molecule has 0 aliphatic heterocycles. The van der Waals surface area contributed by atoms with E-state index in [0.29, 0.717) is 23.1 Å². The van der Waals surface area contributed by atoms with Crippen molar-refractivity contribution in [3.05, 3.63) is 53.5 Å². The number of nitrogens with one attached hydrogen (secondary N) is 2. The maximum atomic E-state index is 12.2. The van der Waals surface area contributed by atoms with Crippen LogP contribution in [0.15, 0.2) is 41.0 Å². The minimum absolute atomic E-state index is 0. The highest BCUT2D eigenvalue weighted by atomic mass is 35.5. The van der Waals surface area contributed by atoms with E-state index >= 15 is 0 Å². The average molecular weight is 394 g/mol. The van der Waals surface area contributed by atoms with Crippen LogP contribution in [0.25, 0.3) is 0 Å². The van der Waals surface area contributed by atoms with Crippen LogP contribution in [-0.4, -0.2) is 24.5 Å². The second kappa shape index (κ2) is 9.43. The van der Waals surface area contributed by atoms with E-state index in [9.17, 15) is 9.59 Å². The third-order valence-electron chi connectivity index (χ3n) is 4.16. The fourth-order valence-corrected chi connectivity index (χ4v) is 2.47. The summed E-state index contributed by atoms with van der Waals surface area (Å²) in [5, 5.41) is 5.77. The van der Waals surface area contributed by atoms with Gasteiger partial charge in [-0.1, -0.05) is 12.1 Å². The first-order valence-electron chi connectivity index (χ1n) is 8.65. The number of amides is 2. The quantitative estimate of drug-likeness (QED) is 0.638. The molecule has 27 heavy (non-hydrogen) atoms. The van der Waals surface area contributed by atoms with Gasteiger partial charge in [0.15, 0.2) is 6.61 Å². The number of carbonyl (C=O) groups excluding carboxylic acids is 2. The van der Waals surface area contributed by atoms with Gasteiger partial charge in [0.05, 0.1) is 18.2 Å². The summed E-state index contributed by atoms with van der Waals surface area (Å²) < 4.78 is 10.7. The van der Waals surface area contributed by atoms with Gasteiger partial charge in [0.1, 0.15) is 17.8 Å². The molecule has 1 saturated carbocycles. The lowest BCUT2D eigenvalue weighted by Gasteiger charge is -2.14. The maximum absolute atomic E-state index is 12.2. The maximum Gasteiger partial charge on any atom is 0.258 e. The molecule has 0 spiro atoms. The Morgan fingerprint density at radius 2 is 2.00 bits per heavy atom. The summed E-state index contributed by atoms with van der Waals surface area (Å²) in [6, 6.07) is 9.06. The zero-order chi connectivity index (χ0) is 18.5. The van der Waals surface area contributed by atoms with Crippen LogP contribution in [0.3, 0.4) is 0 Å². The van der Waals surface area contributed by atoms with Crippen molar-refractivity contribution in [1.82, 2.24) is 10.6 Å². The third-order valence-corrected chi connectivity index (χ3v) is 4.16. The number of hydrogen-bond donors (Lipinski definition) is 3. The highest BCUT2D eigenvalue weighted by Crippen LogP contribution is 2.20. The second-order valence-corrected chi connectivity index (χ2v) is 6.40. The van der Waals surface area contributed by atoms with Gasteiger partial charge >= 0.3 is 0 Å². The topological polar surface area (TPSA) is 107 Å². The van der Waals surface area contributed by atoms with Gasteiger partial charge in [0.25, 0.3) is 11.8 Å². The zero-order valence-corrected chi connectivity index (χ0v) is 15.9. The molecular formula is C19H24ClN3O4. The van der Waals surface area contributed by atoms with Crippen molar-refractivity contribution in [3.8, 4) is 5.75 Å². The molecule has 3 rings (SSSR count). The number of furan rings is 1. The lowest BCUT2D eigenvalue weighted by Crippen LogP contribution is -2.30. The molecule has 1 heterocycles. The molecule has 1 unspecified atom stereocenters. The lowest BCUT2D eigenvalue weighted by atomic mass is 10.1. The van der Waals surface area contributed by atoms with E-state index in [2.05, 4.69) is 10.6 Å². The monoisotopic (exact) mass is 393 g/mol. The van der Waals surface area contributed by atoms with Crippen molar-refractivity contribution >= 4 is 24.2 Å². The fourth-order valence-electron chi connectivity index (χ4n) is 2.47. The van der Waals surface area contributed by atoms with E-state index in [0.717, 1.165) is 18.4 Å². The molecule has 1 aromatic carbocycles. The number of halogens is 1. The highest BCUT2D eigenvalue weighted by molar-refractivity contribution is 5.94. The molecule has 1 aliphatic carbocycles. The van der Waals surface area contributed by atoms with Crippen molar-refractivity contribution in [1.29, 1.82) is 0 Å². The summed E-state index contributed by atoms with van der Waals surface area (Å²) in [4.78, 5) is 23.8. The summed E-state index contributed by atoms with van der Waals surface area (Å²) >= 11 is 0. The van der Waals surface area contributed by atoms with Crippen LogP contribution in [0, 0.1) is 0 Å². The Morgan fingerprint density at radius 3 is 2.59 bits per heavy atom. The summed E-state index contributed by atoms with van der Waals surface area (Å²) in [5.41, 5.74) is 6.85. The molecule has 0 saturated heterocycles. The minimum Gasteiger partial charge on any atom is -0.484 e. The minimum atomic E-state index is -0.224. The summed E-state index contributed by atoms with van der Waals surface area (Å²) in [6.07, 6.45) is 3.50. The van der Waals surface area contributed by atoms with Gasteiger partial charge in [-0.15, -0.1) is 12.4 Å². The van der Waals surface area contributed by atoms with Gasteiger partial charge in [-0.3, -0.25) is 9.59 Å². The predicted octanol–water partition coefficient (Wildman–Crippen LogP) is 2.31. The summed E-state index contributed by atoms with van der Waals surface area (Å²) in [6.45, 7) is 2.15. The summed E-state index contributed by atoms with van der Waals surface area (Å²) in [5.74, 6) is 0.850. The standard InChI is InChI=1S/C19H23N3O4.ClH/c1-12(21-19(24)14-8-17(9-20)25-10-14)13-2-6-16(7-3-13)26-11-18(23)22-15-4-5-15;/h2-3,6-8,10,12,15H,4-5,9,11,20H2,1H3,(H,21,24)(H,22,23);1H. The molecule has 1 fully saturated rings. The van der Waals surface area contributed by atoms with Crippen molar-refractivity contribution < 1.29 is 18.7 Å². The molecule has 146 valence electrons. The van der Waals surface area contributed by atoms with E-state index in [1.165, 1.54) is 6.26 Å². The van der Waals surface area contributed by atoms with Crippen LogP contribution >= 0.6 is 12.4 Å². The first-order chi connectivity index (χ1) is 12.5. The average Bonchev–Trinajstić information content (AvgIpc) is 3.32. The van der Waals surface area contributed by atoms with E-state index in [1.807, 2.05) is 19.1 Å². The predicted molar refractivity (Wildman–Crippen MR) is 103 cm³/mol. The van der Waals surface area contributed by atoms with Crippen molar-refractivity contribution in [2.24, 2.45) is 5.73 Å². The molecular weight excluding hydrogens is 370 g/mol. The zero-order valence-electron chi connectivity index (χ0n) is 15.1. The van der Waals surface area contributed by atoms with E-state index in [4.69, 9.17) is 14.9 Å². The SMILES string of the molecule is CC(NC(=O)c1coc(CN)c1)c1ccc(OCC(=O)NC2CC2)cc1.Cl. The van der Waals surface area contributed by atoms with Crippen LogP contribution < -0.4 is 21.1 Å². The third kappa shape index (κ3) is 6.01. The Morgan fingerprint density at radius 1 is 1.30 bits per heavy atom. The molecule has 2 aromatic rings. The van der Waals surface area contributed by atoms with Crippen molar-refractivity contribution in [3.63, 3.8) is 0 Å². The van der Waals surface area contributed by atoms with E-state index in [1.54, 1.807) is 18.2 Å². The first-order valence-corrected chi connectivity index (χ1v) is 8.65. The number of hydrogen-bond acceptors (Lipinski definition) is 5. The number of carbonyl (C=O) groups is 2. The van der Waals surface area contributed by atoms with E-state index < -0.39 is 0 Å². The Kier molecular flexibility index (Phi) is 7.27.